The third-order valence-electron chi connectivity index (χ3n) is 4.20. The molecule has 2 amide bonds. The molecule has 0 spiro atoms. The fourth-order valence-electron chi connectivity index (χ4n) is 2.84. The zero-order chi connectivity index (χ0) is 21.3. The Morgan fingerprint density at radius 2 is 1.90 bits per heavy atom. The standard InChI is InChI=1S/C19H15FN4O4S/c1-22(2)15-8-7-12(24(27)28)9-11(15)10-13-17(25)21-19(29)23(18(13)26)16-6-4-3-5-14(16)20/h3-10H,1-2H3,(H,21,25,29)/b13-10-. The van der Waals surface area contributed by atoms with Crippen LogP contribution in [0.4, 0.5) is 21.5 Å². The van der Waals surface area contributed by atoms with Crippen molar-refractivity contribution >= 4 is 52.3 Å². The maximum Gasteiger partial charge on any atom is 0.270 e. The third kappa shape index (κ3) is 3.83. The Bertz CT molecular complexity index is 1080. The number of nitro benzene ring substituents is 1. The van der Waals surface area contributed by atoms with Gasteiger partial charge in [-0.05, 0) is 36.5 Å². The monoisotopic (exact) mass is 414 g/mol. The van der Waals surface area contributed by atoms with Crippen LogP contribution in [0.25, 0.3) is 6.08 Å². The largest absolute Gasteiger partial charge is 0.377 e. The highest BCUT2D eigenvalue weighted by atomic mass is 32.1. The topological polar surface area (TPSA) is 95.8 Å². The van der Waals surface area contributed by atoms with E-state index in [1.165, 1.54) is 42.5 Å². The Hall–Kier alpha value is -3.66. The van der Waals surface area contributed by atoms with Gasteiger partial charge in [0.15, 0.2) is 5.11 Å². The Morgan fingerprint density at radius 1 is 1.21 bits per heavy atom. The van der Waals surface area contributed by atoms with Gasteiger partial charge >= 0.3 is 0 Å². The smallest absolute Gasteiger partial charge is 0.270 e. The molecule has 1 aliphatic heterocycles. The molecule has 1 heterocycles. The number of anilines is 2. The van der Waals surface area contributed by atoms with E-state index in [9.17, 15) is 24.1 Å². The van der Waals surface area contributed by atoms with Crippen LogP contribution in [0.2, 0.25) is 0 Å². The van der Waals surface area contributed by atoms with Crippen molar-refractivity contribution in [1.82, 2.24) is 5.32 Å². The number of rotatable bonds is 4. The van der Waals surface area contributed by atoms with E-state index in [-0.39, 0.29) is 27.6 Å². The van der Waals surface area contributed by atoms with Gasteiger partial charge in [-0.15, -0.1) is 0 Å². The van der Waals surface area contributed by atoms with Gasteiger partial charge in [-0.1, -0.05) is 12.1 Å². The highest BCUT2D eigenvalue weighted by Crippen LogP contribution is 2.29. The predicted octanol–water partition coefficient (Wildman–Crippen LogP) is 2.63. The van der Waals surface area contributed by atoms with Crippen molar-refractivity contribution in [2.45, 2.75) is 0 Å². The number of halogens is 1. The lowest BCUT2D eigenvalue weighted by Gasteiger charge is -2.29. The summed E-state index contributed by atoms with van der Waals surface area (Å²) in [4.78, 5) is 38.5. The second kappa shape index (κ2) is 7.76. The van der Waals surface area contributed by atoms with Crippen LogP contribution in [0.1, 0.15) is 5.56 Å². The molecule has 0 atom stereocenters. The maximum absolute atomic E-state index is 14.2. The van der Waals surface area contributed by atoms with Crippen molar-refractivity contribution in [1.29, 1.82) is 0 Å². The van der Waals surface area contributed by atoms with Crippen LogP contribution in [0.5, 0.6) is 0 Å². The molecule has 0 aliphatic carbocycles. The molecular weight excluding hydrogens is 399 g/mol. The summed E-state index contributed by atoms with van der Waals surface area (Å²) in [5.74, 6) is -2.30. The van der Waals surface area contributed by atoms with E-state index in [0.29, 0.717) is 5.69 Å². The highest BCUT2D eigenvalue weighted by Gasteiger charge is 2.36. The first-order chi connectivity index (χ1) is 13.7. The van der Waals surface area contributed by atoms with Crippen molar-refractivity contribution < 1.29 is 18.9 Å². The number of hydrogen-bond acceptors (Lipinski definition) is 6. The SMILES string of the molecule is CN(C)c1ccc([N+](=O)[O-])cc1/C=C1/C(=O)NC(=S)N(c2ccccc2F)C1=O. The number of thiocarbonyl (C=S) groups is 1. The molecule has 8 nitrogen and oxygen atoms in total. The Balaban J connectivity index is 2.13. The fraction of sp³-hybridized carbons (Fsp3) is 0.105. The number of para-hydroxylation sites is 1. The molecular formula is C19H15FN4O4S. The number of carbonyl (C=O) groups is 2. The summed E-state index contributed by atoms with van der Waals surface area (Å²) in [6.45, 7) is 0. The number of hydrogen-bond donors (Lipinski definition) is 1. The number of nitrogens with one attached hydrogen (secondary N) is 1. The summed E-state index contributed by atoms with van der Waals surface area (Å²) in [5.41, 5.74) is 0.191. The molecule has 1 fully saturated rings. The third-order valence-corrected chi connectivity index (χ3v) is 4.48. The molecule has 0 bridgehead atoms. The van der Waals surface area contributed by atoms with Crippen LogP contribution in [0.3, 0.4) is 0 Å². The van der Waals surface area contributed by atoms with Crippen molar-refractivity contribution in [3.63, 3.8) is 0 Å². The molecule has 148 valence electrons. The lowest BCUT2D eigenvalue weighted by molar-refractivity contribution is -0.384. The highest BCUT2D eigenvalue weighted by molar-refractivity contribution is 7.80. The van der Waals surface area contributed by atoms with E-state index in [1.807, 2.05) is 0 Å². The maximum atomic E-state index is 14.2. The van der Waals surface area contributed by atoms with Crippen LogP contribution in [0, 0.1) is 15.9 Å². The zero-order valence-electron chi connectivity index (χ0n) is 15.4. The van der Waals surface area contributed by atoms with E-state index < -0.39 is 22.6 Å². The average Bonchev–Trinajstić information content (AvgIpc) is 2.66. The van der Waals surface area contributed by atoms with Crippen molar-refractivity contribution in [2.24, 2.45) is 0 Å². The van der Waals surface area contributed by atoms with Gasteiger partial charge in [0.1, 0.15) is 11.4 Å². The summed E-state index contributed by atoms with van der Waals surface area (Å²) in [6, 6.07) is 9.58. The van der Waals surface area contributed by atoms with Crippen LogP contribution in [0.15, 0.2) is 48.0 Å². The van der Waals surface area contributed by atoms with Gasteiger partial charge in [-0.2, -0.15) is 0 Å². The Labute approximate surface area is 170 Å². The van der Waals surface area contributed by atoms with Crippen LogP contribution < -0.4 is 15.1 Å². The number of benzene rings is 2. The molecule has 0 unspecified atom stereocenters. The van der Waals surface area contributed by atoms with E-state index in [0.717, 1.165) is 11.0 Å². The first kappa shape index (κ1) is 20.1. The molecule has 0 radical (unpaired) electrons. The van der Waals surface area contributed by atoms with Gasteiger partial charge in [-0.25, -0.2) is 9.29 Å². The average molecular weight is 414 g/mol. The van der Waals surface area contributed by atoms with E-state index in [2.05, 4.69) is 5.32 Å². The minimum absolute atomic E-state index is 0.111. The Morgan fingerprint density at radius 3 is 2.52 bits per heavy atom. The summed E-state index contributed by atoms with van der Waals surface area (Å²) >= 11 is 5.04. The van der Waals surface area contributed by atoms with E-state index >= 15 is 0 Å². The second-order valence-corrected chi connectivity index (χ2v) is 6.69. The number of carbonyl (C=O) groups excluding carboxylic acids is 2. The summed E-state index contributed by atoms with van der Waals surface area (Å²) in [5, 5.41) is 13.2. The predicted molar refractivity (Wildman–Crippen MR) is 110 cm³/mol. The van der Waals surface area contributed by atoms with Gasteiger partial charge in [-0.3, -0.25) is 25.0 Å². The van der Waals surface area contributed by atoms with Crippen LogP contribution in [-0.2, 0) is 9.59 Å². The number of amides is 2. The minimum Gasteiger partial charge on any atom is -0.377 e. The number of nitro groups is 1. The molecule has 3 rings (SSSR count). The minimum atomic E-state index is -0.833. The molecule has 10 heteroatoms. The van der Waals surface area contributed by atoms with Crippen molar-refractivity contribution in [3.8, 4) is 0 Å². The lowest BCUT2D eigenvalue weighted by Crippen LogP contribution is -2.54. The quantitative estimate of drug-likeness (QED) is 0.272. The molecule has 0 saturated carbocycles. The lowest BCUT2D eigenvalue weighted by atomic mass is 10.0. The van der Waals surface area contributed by atoms with Crippen molar-refractivity contribution in [2.75, 3.05) is 23.9 Å². The molecule has 2 aromatic rings. The van der Waals surface area contributed by atoms with Gasteiger partial charge in [0.05, 0.1) is 10.6 Å². The molecule has 1 aliphatic rings. The molecule has 1 saturated heterocycles. The van der Waals surface area contributed by atoms with Gasteiger partial charge in [0.2, 0.25) is 0 Å². The Kier molecular flexibility index (Phi) is 5.37. The van der Waals surface area contributed by atoms with Crippen molar-refractivity contribution in [3.05, 3.63) is 69.5 Å². The number of non-ortho nitro benzene ring substituents is 1. The normalized spacial score (nSPS) is 15.5. The van der Waals surface area contributed by atoms with Gasteiger partial charge in [0, 0.05) is 37.5 Å². The zero-order valence-corrected chi connectivity index (χ0v) is 16.2. The summed E-state index contributed by atoms with van der Waals surface area (Å²) in [6.07, 6.45) is 1.23. The van der Waals surface area contributed by atoms with E-state index in [1.54, 1.807) is 19.0 Å². The first-order valence-electron chi connectivity index (χ1n) is 8.32. The van der Waals surface area contributed by atoms with Gasteiger partial charge in [0.25, 0.3) is 17.5 Å². The molecule has 0 aromatic heterocycles. The molecule has 29 heavy (non-hydrogen) atoms. The van der Waals surface area contributed by atoms with E-state index in [4.69, 9.17) is 12.2 Å². The number of nitrogens with zero attached hydrogens (tertiary/aromatic N) is 3. The summed E-state index contributed by atoms with van der Waals surface area (Å²) < 4.78 is 14.2. The van der Waals surface area contributed by atoms with Gasteiger partial charge < -0.3 is 4.90 Å². The summed E-state index contributed by atoms with van der Waals surface area (Å²) in [7, 11) is 3.43. The first-order valence-corrected chi connectivity index (χ1v) is 8.73. The molecule has 2 aromatic carbocycles. The van der Waals surface area contributed by atoms with Crippen LogP contribution in [-0.4, -0.2) is 35.9 Å². The fourth-order valence-corrected chi connectivity index (χ4v) is 3.12. The molecule has 1 N–H and O–H groups in total. The second-order valence-electron chi connectivity index (χ2n) is 6.30. The van der Waals surface area contributed by atoms with Crippen LogP contribution >= 0.6 is 12.2 Å².